The summed E-state index contributed by atoms with van der Waals surface area (Å²) in [4.78, 5) is 25.6. The van der Waals surface area contributed by atoms with Crippen molar-refractivity contribution in [1.82, 2.24) is 15.5 Å². The van der Waals surface area contributed by atoms with Crippen LogP contribution in [-0.2, 0) is 4.79 Å². The summed E-state index contributed by atoms with van der Waals surface area (Å²) in [7, 11) is 0. The highest BCUT2D eigenvalue weighted by Gasteiger charge is 2.21. The van der Waals surface area contributed by atoms with E-state index in [1.807, 2.05) is 4.90 Å². The van der Waals surface area contributed by atoms with Gasteiger partial charge in [-0.15, -0.1) is 0 Å². The molecule has 0 atom stereocenters. The normalized spacial score (nSPS) is 15.7. The van der Waals surface area contributed by atoms with E-state index < -0.39 is 6.03 Å². The lowest BCUT2D eigenvalue weighted by Crippen LogP contribution is -2.49. The van der Waals surface area contributed by atoms with Crippen LogP contribution in [0.1, 0.15) is 52.4 Å². The van der Waals surface area contributed by atoms with Gasteiger partial charge in [0, 0.05) is 18.6 Å². The molecule has 0 heterocycles. The summed E-state index contributed by atoms with van der Waals surface area (Å²) in [6, 6.07) is 0.0477. The maximum atomic E-state index is 12.0. The van der Waals surface area contributed by atoms with Gasteiger partial charge < -0.3 is 10.4 Å². The molecule has 0 aliphatic heterocycles. The molecule has 0 aromatic rings. The fourth-order valence-electron chi connectivity index (χ4n) is 2.97. The fourth-order valence-corrected chi connectivity index (χ4v) is 2.97. The third-order valence-corrected chi connectivity index (χ3v) is 4.14. The zero-order valence-electron chi connectivity index (χ0n) is 13.2. The molecule has 3 amide bonds. The van der Waals surface area contributed by atoms with Crippen molar-refractivity contribution in [2.45, 2.75) is 64.5 Å². The number of hydrogen-bond acceptors (Lipinski definition) is 4. The monoisotopic (exact) mass is 299 g/mol. The highest BCUT2D eigenvalue weighted by molar-refractivity contribution is 5.95. The zero-order valence-corrected chi connectivity index (χ0v) is 13.2. The summed E-state index contributed by atoms with van der Waals surface area (Å²) in [5.41, 5.74) is 0. The van der Waals surface area contributed by atoms with Crippen molar-refractivity contribution in [2.75, 3.05) is 19.7 Å². The largest absolute Gasteiger partial charge is 0.395 e. The maximum Gasteiger partial charge on any atom is 0.321 e. The third-order valence-electron chi connectivity index (χ3n) is 4.14. The van der Waals surface area contributed by atoms with E-state index in [1.54, 1.807) is 0 Å². The zero-order chi connectivity index (χ0) is 15.7. The molecule has 0 unspecified atom stereocenters. The quantitative estimate of drug-likeness (QED) is 0.630. The molecule has 0 aromatic carbocycles. The Morgan fingerprint density at radius 2 is 1.86 bits per heavy atom. The van der Waals surface area contributed by atoms with Gasteiger partial charge in [0.25, 0.3) is 0 Å². The molecule has 6 heteroatoms. The lowest BCUT2D eigenvalue weighted by molar-refractivity contribution is -0.121. The number of carbonyl (C=O) groups is 2. The molecule has 1 aliphatic rings. The van der Waals surface area contributed by atoms with Crippen LogP contribution in [0.2, 0.25) is 0 Å². The molecule has 1 fully saturated rings. The highest BCUT2D eigenvalue weighted by atomic mass is 16.3. The van der Waals surface area contributed by atoms with Crippen LogP contribution in [0.3, 0.4) is 0 Å². The predicted octanol–water partition coefficient (Wildman–Crippen LogP) is 1.24. The first-order valence-electron chi connectivity index (χ1n) is 8.05. The molecule has 3 N–H and O–H groups in total. The summed E-state index contributed by atoms with van der Waals surface area (Å²) in [6.45, 7) is 4.72. The number of hydrogen-bond donors (Lipinski definition) is 3. The first-order chi connectivity index (χ1) is 10.1. The Hall–Kier alpha value is -1.14. The standard InChI is InChI=1S/C15H29N3O3/c1-3-13(4-2)18(9-10-19)11-14(20)17-15(21)16-12-7-5-6-8-12/h12-13,19H,3-11H2,1-2H3,(H2,16,17,20,21). The highest BCUT2D eigenvalue weighted by Crippen LogP contribution is 2.17. The second-order valence-electron chi connectivity index (χ2n) is 5.67. The van der Waals surface area contributed by atoms with Crippen LogP contribution in [-0.4, -0.2) is 53.7 Å². The van der Waals surface area contributed by atoms with Crippen LogP contribution < -0.4 is 10.6 Å². The summed E-state index contributed by atoms with van der Waals surface area (Å²) in [5.74, 6) is -0.314. The SMILES string of the molecule is CCC(CC)N(CCO)CC(=O)NC(=O)NC1CCCC1. The lowest BCUT2D eigenvalue weighted by Gasteiger charge is -2.29. The topological polar surface area (TPSA) is 81.7 Å². The van der Waals surface area contributed by atoms with E-state index in [-0.39, 0.29) is 31.1 Å². The van der Waals surface area contributed by atoms with Crippen molar-refractivity contribution in [3.63, 3.8) is 0 Å². The minimum absolute atomic E-state index is 0.0120. The Bertz CT molecular complexity index is 326. The molecule has 1 aliphatic carbocycles. The summed E-state index contributed by atoms with van der Waals surface area (Å²) < 4.78 is 0. The smallest absolute Gasteiger partial charge is 0.321 e. The average Bonchev–Trinajstić information content (AvgIpc) is 2.92. The first kappa shape index (κ1) is 17.9. The molecular weight excluding hydrogens is 270 g/mol. The van der Waals surface area contributed by atoms with Crippen molar-refractivity contribution >= 4 is 11.9 Å². The van der Waals surface area contributed by atoms with Gasteiger partial charge in [-0.05, 0) is 25.7 Å². The van der Waals surface area contributed by atoms with E-state index in [0.717, 1.165) is 38.5 Å². The van der Waals surface area contributed by atoms with Gasteiger partial charge in [0.2, 0.25) is 5.91 Å². The Labute approximate surface area is 127 Å². The summed E-state index contributed by atoms with van der Waals surface area (Å²) in [6.07, 6.45) is 6.09. The van der Waals surface area contributed by atoms with E-state index in [1.165, 1.54) is 0 Å². The van der Waals surface area contributed by atoms with Gasteiger partial charge in [-0.1, -0.05) is 26.7 Å². The molecule has 6 nitrogen and oxygen atoms in total. The van der Waals surface area contributed by atoms with Crippen molar-refractivity contribution in [1.29, 1.82) is 0 Å². The van der Waals surface area contributed by atoms with Gasteiger partial charge in [0.15, 0.2) is 0 Å². The fraction of sp³-hybridized carbons (Fsp3) is 0.867. The van der Waals surface area contributed by atoms with Gasteiger partial charge in [-0.2, -0.15) is 0 Å². The van der Waals surface area contributed by atoms with Gasteiger partial charge in [-0.25, -0.2) is 4.79 Å². The molecule has 0 aromatic heterocycles. The van der Waals surface area contributed by atoms with Crippen molar-refractivity contribution < 1.29 is 14.7 Å². The third kappa shape index (κ3) is 6.44. The van der Waals surface area contributed by atoms with Crippen LogP contribution in [0.25, 0.3) is 0 Å². The molecule has 21 heavy (non-hydrogen) atoms. The number of imide groups is 1. The number of rotatable bonds is 8. The molecule has 122 valence electrons. The van der Waals surface area contributed by atoms with Crippen LogP contribution in [0.15, 0.2) is 0 Å². The van der Waals surface area contributed by atoms with Crippen LogP contribution in [0.5, 0.6) is 0 Å². The molecule has 0 radical (unpaired) electrons. The van der Waals surface area contributed by atoms with Crippen molar-refractivity contribution in [3.05, 3.63) is 0 Å². The Morgan fingerprint density at radius 1 is 1.24 bits per heavy atom. The van der Waals surface area contributed by atoms with E-state index in [0.29, 0.717) is 6.54 Å². The number of aliphatic hydroxyl groups is 1. The Kier molecular flexibility index (Phi) is 8.30. The Balaban J connectivity index is 2.39. The molecule has 0 spiro atoms. The van der Waals surface area contributed by atoms with Gasteiger partial charge in [0.05, 0.1) is 13.2 Å². The van der Waals surface area contributed by atoms with Crippen LogP contribution in [0.4, 0.5) is 4.79 Å². The summed E-state index contributed by atoms with van der Waals surface area (Å²) in [5, 5.41) is 14.3. The van der Waals surface area contributed by atoms with Gasteiger partial charge >= 0.3 is 6.03 Å². The average molecular weight is 299 g/mol. The minimum atomic E-state index is -0.402. The first-order valence-corrected chi connectivity index (χ1v) is 8.05. The number of aliphatic hydroxyl groups excluding tert-OH is 1. The number of nitrogens with zero attached hydrogens (tertiary/aromatic N) is 1. The van der Waals surface area contributed by atoms with Crippen molar-refractivity contribution in [3.8, 4) is 0 Å². The van der Waals surface area contributed by atoms with Crippen LogP contribution in [0, 0.1) is 0 Å². The minimum Gasteiger partial charge on any atom is -0.395 e. The predicted molar refractivity (Wildman–Crippen MR) is 82.0 cm³/mol. The molecule has 1 saturated carbocycles. The summed E-state index contributed by atoms with van der Waals surface area (Å²) >= 11 is 0. The van der Waals surface area contributed by atoms with E-state index in [9.17, 15) is 9.59 Å². The lowest BCUT2D eigenvalue weighted by atomic mass is 10.1. The second-order valence-corrected chi connectivity index (χ2v) is 5.67. The molecule has 0 saturated heterocycles. The number of urea groups is 1. The van der Waals surface area contributed by atoms with Crippen LogP contribution >= 0.6 is 0 Å². The maximum absolute atomic E-state index is 12.0. The second kappa shape index (κ2) is 9.73. The van der Waals surface area contributed by atoms with E-state index in [2.05, 4.69) is 24.5 Å². The Morgan fingerprint density at radius 3 is 2.38 bits per heavy atom. The van der Waals surface area contributed by atoms with E-state index >= 15 is 0 Å². The number of carbonyl (C=O) groups excluding carboxylic acids is 2. The van der Waals surface area contributed by atoms with E-state index in [4.69, 9.17) is 5.11 Å². The number of amides is 3. The van der Waals surface area contributed by atoms with Gasteiger partial charge in [0.1, 0.15) is 0 Å². The van der Waals surface area contributed by atoms with Crippen molar-refractivity contribution in [2.24, 2.45) is 0 Å². The number of nitrogens with one attached hydrogen (secondary N) is 2. The van der Waals surface area contributed by atoms with Gasteiger partial charge in [-0.3, -0.25) is 15.0 Å². The molecule has 0 bridgehead atoms. The molecule has 1 rings (SSSR count). The molecular formula is C15H29N3O3.